The average molecular weight is 463 g/mol. The lowest BCUT2D eigenvalue weighted by atomic mass is 9.73. The number of allylic oxidation sites excluding steroid dienone is 1. The van der Waals surface area contributed by atoms with Gasteiger partial charge in [-0.25, -0.2) is 0 Å². The Morgan fingerprint density at radius 3 is 2.59 bits per heavy atom. The number of hydrogen-bond acceptors (Lipinski definition) is 5. The first-order valence-electron chi connectivity index (χ1n) is 9.73. The van der Waals surface area contributed by atoms with Gasteiger partial charge in [-0.05, 0) is 29.8 Å². The van der Waals surface area contributed by atoms with E-state index in [1.54, 1.807) is 0 Å². The highest BCUT2D eigenvalue weighted by Crippen LogP contribution is 2.48. The third-order valence-electron chi connectivity index (χ3n) is 5.82. The molecule has 0 unspecified atom stereocenters. The number of ether oxygens (including phenoxy) is 1. The second kappa shape index (κ2) is 7.77. The van der Waals surface area contributed by atoms with E-state index >= 15 is 0 Å². The number of aliphatic hydroxyl groups excluding tert-OH is 1. The van der Waals surface area contributed by atoms with E-state index in [0.717, 1.165) is 29.3 Å². The highest BCUT2D eigenvalue weighted by molar-refractivity contribution is 6.01. The van der Waals surface area contributed by atoms with Gasteiger partial charge in [-0.15, -0.1) is 0 Å². The minimum absolute atomic E-state index is 0.0170. The van der Waals surface area contributed by atoms with E-state index in [-0.39, 0.29) is 24.2 Å². The largest absolute Gasteiger partial charge is 0.435 e. The van der Waals surface area contributed by atoms with Gasteiger partial charge in [0, 0.05) is 25.1 Å². The van der Waals surface area contributed by atoms with E-state index in [1.807, 2.05) is 0 Å². The molecule has 0 radical (unpaired) electrons. The van der Waals surface area contributed by atoms with Gasteiger partial charge in [0.25, 0.3) is 0 Å². The molecule has 0 saturated carbocycles. The van der Waals surface area contributed by atoms with Crippen LogP contribution in [0.2, 0.25) is 0 Å². The number of hydrogen-bond donors (Lipinski definition) is 2. The second-order valence-electron chi connectivity index (χ2n) is 8.08. The van der Waals surface area contributed by atoms with Crippen LogP contribution >= 0.6 is 0 Å². The van der Waals surface area contributed by atoms with Crippen LogP contribution < -0.4 is 5.32 Å². The number of amides is 1. The molecule has 2 N–H and O–H groups in total. The maximum absolute atomic E-state index is 13.3. The van der Waals surface area contributed by atoms with E-state index in [4.69, 9.17) is 4.74 Å². The lowest BCUT2D eigenvalue weighted by molar-refractivity contribution is -0.137. The second-order valence-corrected chi connectivity index (χ2v) is 8.08. The number of nitrogens with zero attached hydrogens (tertiary/aromatic N) is 2. The number of nitrogens with one attached hydrogen (secondary N) is 1. The molecule has 0 aromatic heterocycles. The van der Waals surface area contributed by atoms with Crippen molar-refractivity contribution in [2.24, 2.45) is 16.9 Å². The summed E-state index contributed by atoms with van der Waals surface area (Å²) in [6.07, 6.45) is -11.0. The Balaban J connectivity index is 1.63. The topological polar surface area (TPSA) is 74.2 Å². The van der Waals surface area contributed by atoms with Crippen molar-refractivity contribution in [1.82, 2.24) is 5.01 Å². The predicted octanol–water partition coefficient (Wildman–Crippen LogP) is 3.20. The number of rotatable bonds is 3. The van der Waals surface area contributed by atoms with Crippen LogP contribution in [0.15, 0.2) is 41.0 Å². The van der Waals surface area contributed by atoms with Gasteiger partial charge in [0.15, 0.2) is 5.71 Å². The van der Waals surface area contributed by atoms with Gasteiger partial charge in [-0.1, -0.05) is 6.07 Å². The number of carbonyl (C=O) groups excluding carboxylic acids is 1. The number of aliphatic hydroxyl groups is 1. The summed E-state index contributed by atoms with van der Waals surface area (Å²) in [6, 6.07) is 4.06. The van der Waals surface area contributed by atoms with Gasteiger partial charge < -0.3 is 15.2 Å². The van der Waals surface area contributed by atoms with E-state index in [1.165, 1.54) is 13.1 Å². The molecule has 4 rings (SSSR count). The molecule has 3 aliphatic rings. The molecule has 0 aliphatic carbocycles. The maximum Gasteiger partial charge on any atom is 0.435 e. The third-order valence-corrected chi connectivity index (χ3v) is 5.82. The van der Waals surface area contributed by atoms with Crippen LogP contribution in [0.4, 0.5) is 32.0 Å². The van der Waals surface area contributed by atoms with Crippen LogP contribution in [0.5, 0.6) is 0 Å². The summed E-state index contributed by atoms with van der Waals surface area (Å²) >= 11 is 0. The van der Waals surface area contributed by atoms with Crippen molar-refractivity contribution in [3.05, 3.63) is 41.5 Å². The fraction of sp³-hybridized carbons (Fsp3) is 0.500. The van der Waals surface area contributed by atoms with Crippen molar-refractivity contribution in [1.29, 1.82) is 0 Å². The predicted molar refractivity (Wildman–Crippen MR) is 101 cm³/mol. The van der Waals surface area contributed by atoms with Crippen molar-refractivity contribution in [2.75, 3.05) is 18.9 Å². The monoisotopic (exact) mass is 463 g/mol. The summed E-state index contributed by atoms with van der Waals surface area (Å²) in [5, 5.41) is 17.2. The number of fused-ring (bicyclic) bond motifs is 2. The Labute approximate surface area is 178 Å². The van der Waals surface area contributed by atoms with Crippen molar-refractivity contribution in [3.8, 4) is 0 Å². The molecule has 6 nitrogen and oxygen atoms in total. The Morgan fingerprint density at radius 1 is 1.22 bits per heavy atom. The van der Waals surface area contributed by atoms with Crippen LogP contribution in [0, 0.1) is 11.8 Å². The first kappa shape index (κ1) is 22.6. The van der Waals surface area contributed by atoms with Crippen LogP contribution in [0.25, 0.3) is 0 Å². The molecule has 32 heavy (non-hydrogen) atoms. The van der Waals surface area contributed by atoms with Crippen LogP contribution in [-0.4, -0.2) is 59.8 Å². The van der Waals surface area contributed by atoms with Crippen molar-refractivity contribution >= 4 is 17.3 Å². The number of likely N-dealkylation sites (N-methyl/N-ethyl adjacent to an activating group) is 1. The van der Waals surface area contributed by atoms with Gasteiger partial charge in [0.2, 0.25) is 5.91 Å². The zero-order chi connectivity index (χ0) is 23.4. The molecule has 3 aliphatic heterocycles. The summed E-state index contributed by atoms with van der Waals surface area (Å²) < 4.78 is 84.4. The van der Waals surface area contributed by atoms with Gasteiger partial charge in [0.1, 0.15) is 0 Å². The molecule has 0 spiro atoms. The standard InChI is InChI=1S/C20H19F6N3O3/c1-29-8-9(5-14(28-29)20(24,25)26)15-16(13-7-12(30)17(15)32-13)18(31)27-11-4-2-3-10(6-11)19(21,22)23/h2-6,12-13,15-17,30H,7-8H2,1H3,(H,27,31)/t12-,13+,15+,16-,17-/m0/s1. The number of halogens is 6. The lowest BCUT2D eigenvalue weighted by Gasteiger charge is -2.34. The molecule has 1 aromatic rings. The fourth-order valence-corrected chi connectivity index (χ4v) is 4.56. The van der Waals surface area contributed by atoms with Gasteiger partial charge in [-0.3, -0.25) is 9.80 Å². The summed E-state index contributed by atoms with van der Waals surface area (Å²) in [5.74, 6) is -2.55. The molecule has 174 valence electrons. The average Bonchev–Trinajstić information content (AvgIpc) is 3.23. The highest BCUT2D eigenvalue weighted by Gasteiger charge is 2.58. The van der Waals surface area contributed by atoms with Crippen molar-refractivity contribution < 1.29 is 41.0 Å². The highest BCUT2D eigenvalue weighted by atomic mass is 19.4. The maximum atomic E-state index is 13.3. The molecule has 1 aromatic carbocycles. The summed E-state index contributed by atoms with van der Waals surface area (Å²) in [7, 11) is 1.35. The lowest BCUT2D eigenvalue weighted by Crippen LogP contribution is -2.45. The SMILES string of the molecule is CN1CC([C@H]2[C@H]3O[C@H](C[C@@H]3O)[C@@H]2C(=O)Nc2cccc(C(F)(F)F)c2)=CC(C(F)(F)F)=N1. The molecule has 3 heterocycles. The first-order chi connectivity index (χ1) is 14.8. The van der Waals surface area contributed by atoms with E-state index in [2.05, 4.69) is 10.4 Å². The summed E-state index contributed by atoms with van der Waals surface area (Å²) in [5.41, 5.74) is -1.98. The van der Waals surface area contributed by atoms with Gasteiger partial charge >= 0.3 is 12.4 Å². The minimum Gasteiger partial charge on any atom is -0.390 e. The molecule has 2 fully saturated rings. The van der Waals surface area contributed by atoms with Gasteiger partial charge in [-0.2, -0.15) is 31.4 Å². The van der Waals surface area contributed by atoms with Crippen LogP contribution in [0.1, 0.15) is 12.0 Å². The van der Waals surface area contributed by atoms with Crippen molar-refractivity contribution in [2.45, 2.75) is 37.1 Å². The quantitative estimate of drug-likeness (QED) is 0.676. The number of carbonyl (C=O) groups is 1. The van der Waals surface area contributed by atoms with E-state index in [9.17, 15) is 36.2 Å². The Hall–Kier alpha value is -2.60. The molecule has 1 amide bonds. The molecule has 2 bridgehead atoms. The van der Waals surface area contributed by atoms with Crippen molar-refractivity contribution in [3.63, 3.8) is 0 Å². The number of hydrazone groups is 1. The summed E-state index contributed by atoms with van der Waals surface area (Å²) in [4.78, 5) is 13.0. The Kier molecular flexibility index (Phi) is 5.48. The van der Waals surface area contributed by atoms with E-state index < -0.39 is 59.7 Å². The third kappa shape index (κ3) is 4.20. The molecule has 5 atom stereocenters. The molecule has 12 heteroatoms. The Bertz CT molecular complexity index is 974. The number of alkyl halides is 6. The van der Waals surface area contributed by atoms with Crippen LogP contribution in [-0.2, 0) is 15.7 Å². The smallest absolute Gasteiger partial charge is 0.390 e. The number of benzene rings is 1. The molecular formula is C20H19F6N3O3. The summed E-state index contributed by atoms with van der Waals surface area (Å²) in [6.45, 7) is -0.0170. The minimum atomic E-state index is -4.72. The normalized spacial score (nSPS) is 30.2. The van der Waals surface area contributed by atoms with Gasteiger partial charge in [0.05, 0.1) is 36.3 Å². The fourth-order valence-electron chi connectivity index (χ4n) is 4.56. The van der Waals surface area contributed by atoms with Crippen LogP contribution in [0.3, 0.4) is 0 Å². The molecule has 2 saturated heterocycles. The zero-order valence-electron chi connectivity index (χ0n) is 16.6. The number of anilines is 1. The Morgan fingerprint density at radius 2 is 1.94 bits per heavy atom. The van der Waals surface area contributed by atoms with E-state index in [0.29, 0.717) is 0 Å². The molecular weight excluding hydrogens is 444 g/mol. The first-order valence-corrected chi connectivity index (χ1v) is 9.73. The zero-order valence-corrected chi connectivity index (χ0v) is 16.6.